The molecule has 9 heteroatoms. The van der Waals surface area contributed by atoms with Crippen molar-refractivity contribution in [2.24, 2.45) is 0 Å². The number of aromatic nitrogens is 3. The first-order chi connectivity index (χ1) is 14.9. The van der Waals surface area contributed by atoms with E-state index in [0.29, 0.717) is 43.8 Å². The minimum Gasteiger partial charge on any atom is -0.497 e. The summed E-state index contributed by atoms with van der Waals surface area (Å²) in [5, 5.41) is 10.00. The molecule has 0 saturated heterocycles. The Kier molecular flexibility index (Phi) is 6.46. The first-order valence-corrected chi connectivity index (χ1v) is 10.8. The van der Waals surface area contributed by atoms with Gasteiger partial charge in [0, 0.05) is 17.4 Å². The van der Waals surface area contributed by atoms with Crippen molar-refractivity contribution in [3.05, 3.63) is 87.9 Å². The molecule has 3 aromatic carbocycles. The van der Waals surface area contributed by atoms with Crippen LogP contribution < -0.4 is 4.74 Å². The van der Waals surface area contributed by atoms with Crippen molar-refractivity contribution in [1.29, 1.82) is 0 Å². The van der Waals surface area contributed by atoms with Gasteiger partial charge in [0.15, 0.2) is 11.0 Å². The average molecular weight is 478 g/mol. The zero-order valence-corrected chi connectivity index (χ0v) is 18.5. The SMILES string of the molecule is COc1ccc(-c2nnc(SCc3cc(F)cc(F)c3)n2-c2ccc(Cl)c(Cl)c2)cc1. The number of rotatable bonds is 6. The van der Waals surface area contributed by atoms with E-state index in [9.17, 15) is 8.78 Å². The third kappa shape index (κ3) is 4.84. The molecule has 0 aliphatic carbocycles. The number of thioether (sulfide) groups is 1. The molecule has 0 saturated carbocycles. The largest absolute Gasteiger partial charge is 0.497 e. The van der Waals surface area contributed by atoms with E-state index in [1.165, 1.54) is 23.9 Å². The number of halogens is 4. The van der Waals surface area contributed by atoms with Crippen LogP contribution >= 0.6 is 35.0 Å². The Balaban J connectivity index is 1.75. The van der Waals surface area contributed by atoms with Crippen molar-refractivity contribution >= 4 is 35.0 Å². The molecule has 0 radical (unpaired) electrons. The summed E-state index contributed by atoms with van der Waals surface area (Å²) in [6.07, 6.45) is 0. The van der Waals surface area contributed by atoms with Gasteiger partial charge >= 0.3 is 0 Å². The van der Waals surface area contributed by atoms with Gasteiger partial charge in [-0.25, -0.2) is 8.78 Å². The zero-order valence-electron chi connectivity index (χ0n) is 16.2. The molecule has 4 nitrogen and oxygen atoms in total. The second-order valence-corrected chi connectivity index (χ2v) is 8.29. The smallest absolute Gasteiger partial charge is 0.196 e. The minimum atomic E-state index is -0.625. The summed E-state index contributed by atoms with van der Waals surface area (Å²) in [5.41, 5.74) is 2.01. The Hall–Kier alpha value is -2.61. The average Bonchev–Trinajstić information content (AvgIpc) is 3.17. The molecule has 158 valence electrons. The molecule has 1 heterocycles. The fraction of sp³-hybridized carbons (Fsp3) is 0.0909. The summed E-state index contributed by atoms with van der Waals surface area (Å²) in [6, 6.07) is 16.0. The van der Waals surface area contributed by atoms with E-state index >= 15 is 0 Å². The molecule has 0 aliphatic heterocycles. The molecule has 0 amide bonds. The molecule has 1 aromatic heterocycles. The van der Waals surface area contributed by atoms with Crippen molar-refractivity contribution in [2.45, 2.75) is 10.9 Å². The van der Waals surface area contributed by atoms with Crippen molar-refractivity contribution in [1.82, 2.24) is 14.8 Å². The highest BCUT2D eigenvalue weighted by molar-refractivity contribution is 7.98. The van der Waals surface area contributed by atoms with Crippen molar-refractivity contribution in [3.8, 4) is 22.8 Å². The second kappa shape index (κ2) is 9.26. The Morgan fingerprint density at radius 2 is 1.61 bits per heavy atom. The molecular formula is C22H15Cl2F2N3OS. The second-order valence-electron chi connectivity index (χ2n) is 6.53. The molecule has 0 aliphatic rings. The Morgan fingerprint density at radius 1 is 0.903 bits per heavy atom. The van der Waals surface area contributed by atoms with Crippen LogP contribution in [-0.4, -0.2) is 21.9 Å². The number of hydrogen-bond donors (Lipinski definition) is 0. The predicted octanol–water partition coefficient (Wildman–Crippen LogP) is 6.82. The standard InChI is InChI=1S/C22H15Cl2F2N3OS/c1-30-18-5-2-14(3-6-18)21-27-28-22(29(21)17-4-7-19(23)20(24)11-17)31-12-13-8-15(25)10-16(26)9-13/h2-11H,12H2,1H3. The summed E-state index contributed by atoms with van der Waals surface area (Å²) >= 11 is 13.6. The predicted molar refractivity (Wildman–Crippen MR) is 119 cm³/mol. The highest BCUT2D eigenvalue weighted by atomic mass is 35.5. The van der Waals surface area contributed by atoms with Crippen LogP contribution in [0, 0.1) is 11.6 Å². The van der Waals surface area contributed by atoms with Crippen molar-refractivity contribution < 1.29 is 13.5 Å². The van der Waals surface area contributed by atoms with Crippen LogP contribution in [0.2, 0.25) is 10.0 Å². The number of hydrogen-bond acceptors (Lipinski definition) is 4. The molecule has 0 N–H and O–H groups in total. The number of methoxy groups -OCH3 is 1. The van der Waals surface area contributed by atoms with Gasteiger partial charge in [-0.2, -0.15) is 0 Å². The third-order valence-electron chi connectivity index (χ3n) is 4.43. The maximum atomic E-state index is 13.5. The van der Waals surface area contributed by atoms with Gasteiger partial charge in [-0.1, -0.05) is 35.0 Å². The molecule has 4 rings (SSSR count). The lowest BCUT2D eigenvalue weighted by atomic mass is 10.2. The summed E-state index contributed by atoms with van der Waals surface area (Å²) in [5.74, 6) is 0.346. The quantitative estimate of drug-likeness (QED) is 0.285. The number of benzene rings is 3. The van der Waals surface area contributed by atoms with Gasteiger partial charge in [0.2, 0.25) is 0 Å². The molecular weight excluding hydrogens is 463 g/mol. The van der Waals surface area contributed by atoms with Gasteiger partial charge in [0.05, 0.1) is 22.8 Å². The van der Waals surface area contributed by atoms with Gasteiger partial charge in [0.1, 0.15) is 17.4 Å². The fourth-order valence-electron chi connectivity index (χ4n) is 2.99. The number of nitrogens with zero attached hydrogens (tertiary/aromatic N) is 3. The minimum absolute atomic E-state index is 0.302. The third-order valence-corrected chi connectivity index (χ3v) is 6.17. The highest BCUT2D eigenvalue weighted by Crippen LogP contribution is 2.33. The maximum absolute atomic E-state index is 13.5. The van der Waals surface area contributed by atoms with Gasteiger partial charge in [0.25, 0.3) is 0 Å². The van der Waals surface area contributed by atoms with E-state index < -0.39 is 11.6 Å². The van der Waals surface area contributed by atoms with Crippen LogP contribution in [0.4, 0.5) is 8.78 Å². The van der Waals surface area contributed by atoms with Crippen LogP contribution in [-0.2, 0) is 5.75 Å². The Bertz CT molecular complexity index is 1210. The van der Waals surface area contributed by atoms with E-state index in [0.717, 1.165) is 11.6 Å². The van der Waals surface area contributed by atoms with E-state index in [1.807, 2.05) is 28.8 Å². The summed E-state index contributed by atoms with van der Waals surface area (Å²) in [7, 11) is 1.59. The van der Waals surface area contributed by atoms with E-state index in [-0.39, 0.29) is 0 Å². The lowest BCUT2D eigenvalue weighted by molar-refractivity contribution is 0.415. The molecule has 0 unspecified atom stereocenters. The lowest BCUT2D eigenvalue weighted by Crippen LogP contribution is -2.00. The van der Waals surface area contributed by atoms with Gasteiger partial charge in [-0.15, -0.1) is 10.2 Å². The Morgan fingerprint density at radius 3 is 2.26 bits per heavy atom. The van der Waals surface area contributed by atoms with Crippen LogP contribution in [0.25, 0.3) is 17.1 Å². The van der Waals surface area contributed by atoms with Gasteiger partial charge < -0.3 is 4.74 Å². The molecule has 0 fully saturated rings. The van der Waals surface area contributed by atoms with Crippen LogP contribution in [0.15, 0.2) is 65.8 Å². The summed E-state index contributed by atoms with van der Waals surface area (Å²) in [4.78, 5) is 0. The maximum Gasteiger partial charge on any atom is 0.196 e. The topological polar surface area (TPSA) is 39.9 Å². The monoisotopic (exact) mass is 477 g/mol. The van der Waals surface area contributed by atoms with Crippen molar-refractivity contribution in [2.75, 3.05) is 7.11 Å². The molecule has 4 aromatic rings. The fourth-order valence-corrected chi connectivity index (χ4v) is 4.16. The van der Waals surface area contributed by atoms with Crippen molar-refractivity contribution in [3.63, 3.8) is 0 Å². The normalized spacial score (nSPS) is 11.0. The number of ether oxygens (including phenoxy) is 1. The first kappa shape index (κ1) is 21.6. The lowest BCUT2D eigenvalue weighted by Gasteiger charge is -2.12. The highest BCUT2D eigenvalue weighted by Gasteiger charge is 2.17. The van der Waals surface area contributed by atoms with E-state index in [1.54, 1.807) is 25.3 Å². The summed E-state index contributed by atoms with van der Waals surface area (Å²) in [6.45, 7) is 0. The van der Waals surface area contributed by atoms with Gasteiger partial charge in [-0.3, -0.25) is 4.57 Å². The molecule has 31 heavy (non-hydrogen) atoms. The Labute approximate surface area is 191 Å². The molecule has 0 atom stereocenters. The first-order valence-electron chi connectivity index (χ1n) is 9.07. The molecule has 0 spiro atoms. The van der Waals surface area contributed by atoms with Crippen LogP contribution in [0.3, 0.4) is 0 Å². The van der Waals surface area contributed by atoms with E-state index in [2.05, 4.69) is 10.2 Å². The molecule has 0 bridgehead atoms. The van der Waals surface area contributed by atoms with E-state index in [4.69, 9.17) is 27.9 Å². The van der Waals surface area contributed by atoms with Crippen LogP contribution in [0.5, 0.6) is 5.75 Å². The van der Waals surface area contributed by atoms with Gasteiger partial charge in [-0.05, 0) is 60.2 Å². The van der Waals surface area contributed by atoms with Crippen LogP contribution in [0.1, 0.15) is 5.56 Å². The summed E-state index contributed by atoms with van der Waals surface area (Å²) < 4.78 is 34.1. The zero-order chi connectivity index (χ0) is 22.0.